The maximum absolute atomic E-state index is 13.3. The summed E-state index contributed by atoms with van der Waals surface area (Å²) in [6, 6.07) is 30.9. The zero-order valence-electron chi connectivity index (χ0n) is 18.6. The van der Waals surface area contributed by atoms with Crippen molar-refractivity contribution in [1.82, 2.24) is 19.9 Å². The molecule has 5 rings (SSSR count). The molecule has 1 aliphatic rings. The molecule has 0 bridgehead atoms. The molecule has 1 fully saturated rings. The number of amides is 1. The Bertz CT molecular complexity index is 1130. The minimum atomic E-state index is -0.131. The minimum absolute atomic E-state index is 0.0326. The van der Waals surface area contributed by atoms with E-state index in [0.29, 0.717) is 11.6 Å². The van der Waals surface area contributed by atoms with Gasteiger partial charge < -0.3 is 4.90 Å². The molecule has 33 heavy (non-hydrogen) atoms. The van der Waals surface area contributed by atoms with E-state index < -0.39 is 0 Å². The second-order valence-corrected chi connectivity index (χ2v) is 8.64. The largest absolute Gasteiger partial charge is 0.337 e. The molecule has 0 unspecified atom stereocenters. The third kappa shape index (κ3) is 4.72. The lowest BCUT2D eigenvalue weighted by atomic mass is 9.92. The maximum Gasteiger partial charge on any atom is 0.276 e. The highest BCUT2D eigenvalue weighted by Gasteiger charge is 2.26. The third-order valence-electron chi connectivity index (χ3n) is 6.51. The van der Waals surface area contributed by atoms with Crippen molar-refractivity contribution in [3.8, 4) is 0 Å². The number of hydrogen-bond donors (Lipinski definition) is 0. The summed E-state index contributed by atoms with van der Waals surface area (Å²) in [5.41, 5.74) is 3.98. The monoisotopic (exact) mass is 436 g/mol. The number of likely N-dealkylation sites (tertiary alicyclic amines) is 1. The quantitative estimate of drug-likeness (QED) is 0.425. The van der Waals surface area contributed by atoms with Gasteiger partial charge in [0.2, 0.25) is 0 Å². The number of carbonyl (C=O) groups is 1. The highest BCUT2D eigenvalue weighted by atomic mass is 16.2. The van der Waals surface area contributed by atoms with Gasteiger partial charge in [-0.05, 0) is 41.9 Å². The Morgan fingerprint density at radius 1 is 0.788 bits per heavy atom. The van der Waals surface area contributed by atoms with Gasteiger partial charge in [-0.1, -0.05) is 96.2 Å². The molecule has 166 valence electrons. The Morgan fingerprint density at radius 3 is 2.03 bits per heavy atom. The molecule has 4 aromatic rings. The van der Waals surface area contributed by atoms with Crippen LogP contribution in [0.25, 0.3) is 0 Å². The van der Waals surface area contributed by atoms with E-state index in [1.54, 1.807) is 6.20 Å². The first kappa shape index (κ1) is 21.1. The Labute approximate surface area is 194 Å². The van der Waals surface area contributed by atoms with Gasteiger partial charge in [-0.3, -0.25) is 4.79 Å². The molecule has 0 saturated carbocycles. The van der Waals surface area contributed by atoms with E-state index in [1.165, 1.54) is 5.56 Å². The molecule has 1 aromatic heterocycles. The summed E-state index contributed by atoms with van der Waals surface area (Å²) in [5.74, 6) is 0.468. The van der Waals surface area contributed by atoms with Crippen molar-refractivity contribution in [2.45, 2.75) is 31.2 Å². The van der Waals surface area contributed by atoms with Gasteiger partial charge in [0.25, 0.3) is 5.91 Å². The number of aromatic nitrogens is 3. The lowest BCUT2D eigenvalue weighted by molar-refractivity contribution is 0.0755. The van der Waals surface area contributed by atoms with Crippen LogP contribution in [-0.4, -0.2) is 38.9 Å². The lowest BCUT2D eigenvalue weighted by Crippen LogP contribution is -2.32. The van der Waals surface area contributed by atoms with Crippen molar-refractivity contribution >= 4 is 5.91 Å². The number of nitrogens with zero attached hydrogens (tertiary/aromatic N) is 4. The number of hydrogen-bond acceptors (Lipinski definition) is 3. The van der Waals surface area contributed by atoms with Crippen LogP contribution in [0.3, 0.4) is 0 Å². The zero-order valence-corrected chi connectivity index (χ0v) is 18.6. The molecule has 0 aliphatic carbocycles. The van der Waals surface area contributed by atoms with Crippen molar-refractivity contribution in [3.63, 3.8) is 0 Å². The molecule has 0 spiro atoms. The molecular weight excluding hydrogens is 408 g/mol. The van der Waals surface area contributed by atoms with Gasteiger partial charge in [0, 0.05) is 13.1 Å². The van der Waals surface area contributed by atoms with Crippen LogP contribution in [0.15, 0.2) is 97.2 Å². The van der Waals surface area contributed by atoms with Crippen LogP contribution in [0.1, 0.15) is 58.4 Å². The first-order valence-corrected chi connectivity index (χ1v) is 11.7. The topological polar surface area (TPSA) is 51.0 Å². The molecule has 0 radical (unpaired) electrons. The van der Waals surface area contributed by atoms with E-state index in [1.807, 2.05) is 46.0 Å². The summed E-state index contributed by atoms with van der Waals surface area (Å²) in [4.78, 5) is 15.3. The fourth-order valence-electron chi connectivity index (χ4n) is 4.79. The minimum Gasteiger partial charge on any atom is -0.337 e. The molecular formula is C28H28N4O. The predicted octanol–water partition coefficient (Wildman–Crippen LogP) is 5.33. The Balaban J connectivity index is 1.35. The van der Waals surface area contributed by atoms with Crippen LogP contribution in [0.2, 0.25) is 0 Å². The predicted molar refractivity (Wildman–Crippen MR) is 129 cm³/mol. The fourth-order valence-corrected chi connectivity index (χ4v) is 4.79. The van der Waals surface area contributed by atoms with E-state index in [4.69, 9.17) is 0 Å². The van der Waals surface area contributed by atoms with E-state index >= 15 is 0 Å². The molecule has 1 amide bonds. The Hall–Kier alpha value is -3.73. The highest BCUT2D eigenvalue weighted by Crippen LogP contribution is 2.29. The Kier molecular flexibility index (Phi) is 6.29. The summed E-state index contributed by atoms with van der Waals surface area (Å²) >= 11 is 0. The molecule has 0 N–H and O–H groups in total. The second kappa shape index (κ2) is 9.82. The van der Waals surface area contributed by atoms with Crippen LogP contribution >= 0.6 is 0 Å². The smallest absolute Gasteiger partial charge is 0.276 e. The van der Waals surface area contributed by atoms with E-state index in [-0.39, 0.29) is 11.9 Å². The van der Waals surface area contributed by atoms with Gasteiger partial charge in [0.05, 0.1) is 6.20 Å². The first-order valence-electron chi connectivity index (χ1n) is 11.7. The first-order chi connectivity index (χ1) is 16.3. The van der Waals surface area contributed by atoms with Crippen LogP contribution in [0.5, 0.6) is 0 Å². The average Bonchev–Trinajstić information content (AvgIpc) is 3.22. The highest BCUT2D eigenvalue weighted by molar-refractivity contribution is 5.92. The van der Waals surface area contributed by atoms with E-state index in [0.717, 1.165) is 43.5 Å². The van der Waals surface area contributed by atoms with Gasteiger partial charge >= 0.3 is 0 Å². The fraction of sp³-hybridized carbons (Fsp3) is 0.250. The SMILES string of the molecule is O=C(c1cn(C(c2ccccc2)c2ccccc2)nn1)N1CCC[C@H](c2ccccc2)CC1. The van der Waals surface area contributed by atoms with Crippen LogP contribution in [0, 0.1) is 0 Å². The molecule has 1 aliphatic heterocycles. The number of carbonyl (C=O) groups excluding carboxylic acids is 1. The third-order valence-corrected chi connectivity index (χ3v) is 6.51. The van der Waals surface area contributed by atoms with Crippen LogP contribution in [0.4, 0.5) is 0 Å². The normalized spacial score (nSPS) is 16.5. The molecule has 1 saturated heterocycles. The molecule has 3 aromatic carbocycles. The molecule has 1 atom stereocenters. The summed E-state index contributed by atoms with van der Waals surface area (Å²) < 4.78 is 1.81. The zero-order chi connectivity index (χ0) is 22.5. The van der Waals surface area contributed by atoms with Gasteiger partial charge in [-0.25, -0.2) is 4.68 Å². The Morgan fingerprint density at radius 2 is 1.39 bits per heavy atom. The van der Waals surface area contributed by atoms with Gasteiger partial charge in [0.1, 0.15) is 6.04 Å². The van der Waals surface area contributed by atoms with Crippen LogP contribution in [-0.2, 0) is 0 Å². The molecule has 2 heterocycles. The number of benzene rings is 3. The van der Waals surface area contributed by atoms with Crippen molar-refractivity contribution in [1.29, 1.82) is 0 Å². The summed E-state index contributed by atoms with van der Waals surface area (Å²) in [6.07, 6.45) is 4.87. The van der Waals surface area contributed by atoms with E-state index in [9.17, 15) is 4.79 Å². The second-order valence-electron chi connectivity index (χ2n) is 8.64. The average molecular weight is 437 g/mol. The number of rotatable bonds is 5. The van der Waals surface area contributed by atoms with Crippen molar-refractivity contribution in [2.75, 3.05) is 13.1 Å². The van der Waals surface area contributed by atoms with Crippen molar-refractivity contribution in [3.05, 3.63) is 120 Å². The van der Waals surface area contributed by atoms with Crippen molar-refractivity contribution in [2.24, 2.45) is 0 Å². The molecule has 5 nitrogen and oxygen atoms in total. The summed E-state index contributed by atoms with van der Waals surface area (Å²) in [5, 5.41) is 8.68. The molecule has 5 heteroatoms. The van der Waals surface area contributed by atoms with Gasteiger partial charge in [-0.15, -0.1) is 5.10 Å². The van der Waals surface area contributed by atoms with Gasteiger partial charge in [-0.2, -0.15) is 0 Å². The van der Waals surface area contributed by atoms with Crippen molar-refractivity contribution < 1.29 is 4.79 Å². The van der Waals surface area contributed by atoms with E-state index in [2.05, 4.69) is 64.9 Å². The van der Waals surface area contributed by atoms with Crippen LogP contribution < -0.4 is 0 Å². The summed E-state index contributed by atoms with van der Waals surface area (Å²) in [7, 11) is 0. The standard InChI is InChI=1S/C28H28N4O/c33-28(31-19-10-17-23(18-20-31)22-11-4-1-5-12-22)26-21-32(30-29-26)27(24-13-6-2-7-14-24)25-15-8-3-9-16-25/h1-9,11-16,21,23,27H,10,17-20H2/t23-/m0/s1. The maximum atomic E-state index is 13.3. The summed E-state index contributed by atoms with van der Waals surface area (Å²) in [6.45, 7) is 1.50. The lowest BCUT2D eigenvalue weighted by Gasteiger charge is -2.20. The van der Waals surface area contributed by atoms with Gasteiger partial charge in [0.15, 0.2) is 5.69 Å².